The summed E-state index contributed by atoms with van der Waals surface area (Å²) in [6.45, 7) is 15.0. The van der Waals surface area contributed by atoms with Crippen LogP contribution >= 0.6 is 0 Å². The van der Waals surface area contributed by atoms with Gasteiger partial charge >= 0.3 is 0 Å². The molecule has 0 saturated heterocycles. The Labute approximate surface area is 115 Å². The third-order valence-electron chi connectivity index (χ3n) is 3.47. The molecule has 0 radical (unpaired) electrons. The maximum atomic E-state index is 2.28. The van der Waals surface area contributed by atoms with Crippen LogP contribution in [-0.4, -0.2) is 0 Å². The summed E-state index contributed by atoms with van der Waals surface area (Å²) in [4.78, 5) is 0. The molecule has 0 unspecified atom stereocenters. The van der Waals surface area contributed by atoms with E-state index in [9.17, 15) is 0 Å². The number of hydrogen-bond acceptors (Lipinski definition) is 0. The van der Waals surface area contributed by atoms with E-state index in [1.807, 2.05) is 13.8 Å². The van der Waals surface area contributed by atoms with Gasteiger partial charge in [-0.15, -0.1) is 0 Å². The molecule has 0 atom stereocenters. The Kier molecular flexibility index (Phi) is 8.79. The predicted octanol–water partition coefficient (Wildman–Crippen LogP) is 6.26. The van der Waals surface area contributed by atoms with Gasteiger partial charge in [-0.3, -0.25) is 0 Å². The highest BCUT2D eigenvalue weighted by molar-refractivity contribution is 5.31. The fourth-order valence-corrected chi connectivity index (χ4v) is 1.65. The Morgan fingerprint density at radius 3 is 1.89 bits per heavy atom. The summed E-state index contributed by atoms with van der Waals surface area (Å²) in [6, 6.07) is 6.69. The highest BCUT2D eigenvalue weighted by Gasteiger charge is 2.17. The van der Waals surface area contributed by atoms with Crippen molar-refractivity contribution in [1.29, 1.82) is 0 Å². The first-order valence-corrected chi connectivity index (χ1v) is 7.61. The molecule has 104 valence electrons. The highest BCUT2D eigenvalue weighted by atomic mass is 14.2. The van der Waals surface area contributed by atoms with E-state index in [1.54, 1.807) is 0 Å². The fourth-order valence-electron chi connectivity index (χ4n) is 1.65. The zero-order chi connectivity index (χ0) is 14.1. The van der Waals surface area contributed by atoms with Crippen molar-refractivity contribution in [2.45, 2.75) is 73.6 Å². The van der Waals surface area contributed by atoms with Gasteiger partial charge in [0.05, 0.1) is 0 Å². The van der Waals surface area contributed by atoms with Crippen molar-refractivity contribution in [3.63, 3.8) is 0 Å². The Bertz CT molecular complexity index is 319. The minimum Gasteiger partial charge on any atom is -0.0683 e. The van der Waals surface area contributed by atoms with Crippen molar-refractivity contribution in [3.05, 3.63) is 34.9 Å². The third kappa shape index (κ3) is 6.83. The van der Waals surface area contributed by atoms with Crippen LogP contribution in [0.4, 0.5) is 0 Å². The van der Waals surface area contributed by atoms with E-state index in [2.05, 4.69) is 52.8 Å². The molecule has 1 saturated carbocycles. The minimum absolute atomic E-state index is 0.647. The minimum atomic E-state index is 0.647. The molecule has 0 amide bonds. The largest absolute Gasteiger partial charge is 0.0683 e. The van der Waals surface area contributed by atoms with Gasteiger partial charge in [-0.2, -0.15) is 0 Å². The van der Waals surface area contributed by atoms with Crippen molar-refractivity contribution < 1.29 is 0 Å². The number of hydrogen-bond donors (Lipinski definition) is 0. The van der Waals surface area contributed by atoms with Crippen LogP contribution in [0.2, 0.25) is 0 Å². The lowest BCUT2D eigenvalue weighted by atomic mass is 9.99. The molecule has 0 heteroatoms. The van der Waals surface area contributed by atoms with Gasteiger partial charge in [-0.25, -0.2) is 0 Å². The van der Waals surface area contributed by atoms with Gasteiger partial charge in [-0.1, -0.05) is 72.1 Å². The van der Waals surface area contributed by atoms with Crippen LogP contribution < -0.4 is 0 Å². The maximum Gasteiger partial charge on any atom is -0.0219 e. The van der Waals surface area contributed by atoms with Crippen LogP contribution in [0.5, 0.6) is 0 Å². The molecule has 0 N–H and O–H groups in total. The maximum absolute atomic E-state index is 2.28. The van der Waals surface area contributed by atoms with Crippen LogP contribution in [0.1, 0.15) is 76.5 Å². The second kappa shape index (κ2) is 9.19. The van der Waals surface area contributed by atoms with E-state index in [-0.39, 0.29) is 0 Å². The van der Waals surface area contributed by atoms with Gasteiger partial charge in [0.1, 0.15) is 0 Å². The molecule has 0 aromatic heterocycles. The molecule has 1 aliphatic rings. The number of rotatable bonds is 2. The normalized spacial score (nSPS) is 13.3. The van der Waals surface area contributed by atoms with Gasteiger partial charge < -0.3 is 0 Å². The quantitative estimate of drug-likeness (QED) is 0.579. The predicted molar refractivity (Wildman–Crippen MR) is 84.4 cm³/mol. The summed E-state index contributed by atoms with van der Waals surface area (Å²) in [6.07, 6.45) is 4.44. The smallest absolute Gasteiger partial charge is 0.0219 e. The molecule has 0 bridgehead atoms. The summed E-state index contributed by atoms with van der Waals surface area (Å²) in [5.74, 6) is 1.78. The van der Waals surface area contributed by atoms with Gasteiger partial charge in [0, 0.05) is 0 Å². The topological polar surface area (TPSA) is 0 Å². The zero-order valence-corrected chi connectivity index (χ0v) is 13.5. The van der Waals surface area contributed by atoms with Crippen LogP contribution in [0, 0.1) is 19.8 Å². The molecule has 1 aliphatic carbocycles. The number of aryl methyl sites for hydroxylation is 2. The molecule has 2 rings (SSSR count). The van der Waals surface area contributed by atoms with E-state index in [4.69, 9.17) is 0 Å². The second-order valence-corrected chi connectivity index (χ2v) is 5.35. The summed E-state index contributed by atoms with van der Waals surface area (Å²) in [5.41, 5.74) is 4.22. The Balaban J connectivity index is 0.000000343. The molecule has 0 aliphatic heterocycles. The van der Waals surface area contributed by atoms with E-state index < -0.39 is 0 Å². The van der Waals surface area contributed by atoms with Gasteiger partial charge in [0.2, 0.25) is 0 Å². The van der Waals surface area contributed by atoms with E-state index in [1.165, 1.54) is 36.0 Å². The van der Waals surface area contributed by atoms with Gasteiger partial charge in [0.25, 0.3) is 0 Å². The molecule has 0 spiro atoms. The first kappa shape index (κ1) is 17.2. The third-order valence-corrected chi connectivity index (χ3v) is 3.47. The average Bonchev–Trinajstić information content (AvgIpc) is 3.19. The van der Waals surface area contributed by atoms with Crippen molar-refractivity contribution in [2.75, 3.05) is 0 Å². The van der Waals surface area contributed by atoms with E-state index >= 15 is 0 Å². The summed E-state index contributed by atoms with van der Waals surface area (Å²) in [5, 5.41) is 0. The molecule has 0 heterocycles. The lowest BCUT2D eigenvalue weighted by molar-refractivity contribution is 0.799. The fraction of sp³-hybridized carbons (Fsp3) is 0.667. The monoisotopic (exact) mass is 248 g/mol. The Morgan fingerprint density at radius 2 is 1.61 bits per heavy atom. The lowest BCUT2D eigenvalue weighted by Crippen LogP contribution is -1.89. The summed E-state index contributed by atoms with van der Waals surface area (Å²) in [7, 11) is 0. The van der Waals surface area contributed by atoms with Crippen LogP contribution in [0.3, 0.4) is 0 Å². The molecule has 0 nitrogen and oxygen atoms in total. The van der Waals surface area contributed by atoms with Crippen LogP contribution in [0.15, 0.2) is 18.2 Å². The van der Waals surface area contributed by atoms with E-state index in [0.717, 1.165) is 5.92 Å². The standard InChI is InChI=1S/C11H16.C5H10.C2H6/c1-8(2)11-6-5-9(3)10(4)7-11;1-2-5-3-4-5;1-2/h5-8H,1-4H3;5H,2-4H2,1H3;1-2H3. The molecule has 1 fully saturated rings. The highest BCUT2D eigenvalue weighted by Crippen LogP contribution is 2.31. The lowest BCUT2D eigenvalue weighted by Gasteiger charge is -2.07. The van der Waals surface area contributed by atoms with Crippen molar-refractivity contribution in [2.24, 2.45) is 5.92 Å². The first-order valence-electron chi connectivity index (χ1n) is 7.61. The van der Waals surface area contributed by atoms with Crippen LogP contribution in [0.25, 0.3) is 0 Å². The summed E-state index contributed by atoms with van der Waals surface area (Å²) < 4.78 is 0. The van der Waals surface area contributed by atoms with Crippen molar-refractivity contribution in [3.8, 4) is 0 Å². The van der Waals surface area contributed by atoms with E-state index in [0.29, 0.717) is 5.92 Å². The first-order chi connectivity index (χ1) is 8.54. The van der Waals surface area contributed by atoms with Gasteiger partial charge in [-0.05, 0) is 42.4 Å². The Morgan fingerprint density at radius 1 is 1.06 bits per heavy atom. The second-order valence-electron chi connectivity index (χ2n) is 5.35. The van der Waals surface area contributed by atoms with Crippen molar-refractivity contribution >= 4 is 0 Å². The van der Waals surface area contributed by atoms with Crippen LogP contribution in [-0.2, 0) is 0 Å². The molecule has 1 aromatic rings. The van der Waals surface area contributed by atoms with Crippen molar-refractivity contribution in [1.82, 2.24) is 0 Å². The average molecular weight is 248 g/mol. The molecule has 1 aromatic carbocycles. The number of benzene rings is 1. The molecular weight excluding hydrogens is 216 g/mol. The molecule has 18 heavy (non-hydrogen) atoms. The Hall–Kier alpha value is -0.780. The van der Waals surface area contributed by atoms with Gasteiger partial charge in [0.15, 0.2) is 0 Å². The SMILES string of the molecule is CC.CCC1CC1.Cc1ccc(C(C)C)cc1C. The molecular formula is C18H32. The zero-order valence-electron chi connectivity index (χ0n) is 13.5. The summed E-state index contributed by atoms with van der Waals surface area (Å²) >= 11 is 0.